The van der Waals surface area contributed by atoms with E-state index >= 15 is 0 Å². The van der Waals surface area contributed by atoms with Crippen molar-refractivity contribution < 1.29 is 33.6 Å². The van der Waals surface area contributed by atoms with Crippen LogP contribution in [-0.4, -0.2) is 45.5 Å². The number of hydrogen-bond acceptors (Lipinski definition) is 7. The number of hydroxylamine groups is 2. The summed E-state index contributed by atoms with van der Waals surface area (Å²) >= 11 is 0. The molecule has 0 N–H and O–H groups in total. The number of carbonyl (C=O) groups is 6. The van der Waals surface area contributed by atoms with Crippen molar-refractivity contribution in [1.29, 1.82) is 0 Å². The topological polar surface area (TPSA) is 118 Å². The number of amides is 5. The highest BCUT2D eigenvalue weighted by atomic mass is 16.7. The summed E-state index contributed by atoms with van der Waals surface area (Å²) in [6.07, 6.45) is 4.29. The third kappa shape index (κ3) is 3.56. The van der Waals surface area contributed by atoms with E-state index in [1.54, 1.807) is 0 Å². The fourth-order valence-corrected chi connectivity index (χ4v) is 3.41. The molecule has 2 heterocycles. The molecule has 0 spiro atoms. The molecule has 26 heavy (non-hydrogen) atoms. The van der Waals surface area contributed by atoms with Crippen LogP contribution in [0.2, 0.25) is 0 Å². The first-order valence-electron chi connectivity index (χ1n) is 8.53. The van der Waals surface area contributed by atoms with E-state index in [1.807, 2.05) is 0 Å². The van der Waals surface area contributed by atoms with Crippen molar-refractivity contribution in [1.82, 2.24) is 9.96 Å². The maximum Gasteiger partial charge on any atom is 0.336 e. The van der Waals surface area contributed by atoms with Crippen molar-refractivity contribution >= 4 is 35.5 Å². The minimum Gasteiger partial charge on any atom is -0.330 e. The molecule has 5 amide bonds. The second-order valence-corrected chi connectivity index (χ2v) is 6.65. The molecule has 0 aromatic rings. The van der Waals surface area contributed by atoms with Crippen molar-refractivity contribution in [3.05, 3.63) is 12.2 Å². The van der Waals surface area contributed by atoms with Crippen molar-refractivity contribution in [3.8, 4) is 0 Å². The molecule has 0 unspecified atom stereocenters. The summed E-state index contributed by atoms with van der Waals surface area (Å²) in [5.74, 6) is -3.93. The van der Waals surface area contributed by atoms with E-state index in [9.17, 15) is 28.8 Å². The Hall–Kier alpha value is -2.84. The number of rotatable bonds is 4. The molecule has 3 aliphatic rings. The maximum absolute atomic E-state index is 12.1. The van der Waals surface area contributed by atoms with Crippen LogP contribution in [0.25, 0.3) is 0 Å². The standard InChI is InChI=1S/C17H18N2O7/c20-12-5-6-13(21)18(12)16(24)9-10-1-3-11(4-2-10)17(25)26-19-14(22)7-8-15(19)23/h5-6,10-11H,1-4,7-9H2. The van der Waals surface area contributed by atoms with E-state index in [2.05, 4.69) is 0 Å². The molecule has 0 atom stereocenters. The Morgan fingerprint density at radius 3 is 2.00 bits per heavy atom. The van der Waals surface area contributed by atoms with Gasteiger partial charge in [-0.05, 0) is 31.6 Å². The predicted molar refractivity (Wildman–Crippen MR) is 83.2 cm³/mol. The van der Waals surface area contributed by atoms with Crippen LogP contribution in [0.5, 0.6) is 0 Å². The van der Waals surface area contributed by atoms with Crippen LogP contribution in [0.3, 0.4) is 0 Å². The van der Waals surface area contributed by atoms with Crippen LogP contribution in [-0.2, 0) is 33.6 Å². The summed E-state index contributed by atoms with van der Waals surface area (Å²) in [7, 11) is 0. The molecule has 9 heteroatoms. The third-order valence-electron chi connectivity index (χ3n) is 4.89. The van der Waals surface area contributed by atoms with E-state index in [0.717, 1.165) is 12.2 Å². The molecule has 138 valence electrons. The van der Waals surface area contributed by atoms with Crippen LogP contribution in [0.4, 0.5) is 0 Å². The summed E-state index contributed by atoms with van der Waals surface area (Å²) in [6.45, 7) is 0. The van der Waals surface area contributed by atoms with Gasteiger partial charge in [-0.3, -0.25) is 24.0 Å². The Balaban J connectivity index is 1.47. The molecule has 0 aromatic carbocycles. The Morgan fingerprint density at radius 1 is 0.923 bits per heavy atom. The Morgan fingerprint density at radius 2 is 1.46 bits per heavy atom. The Labute approximate surface area is 148 Å². The van der Waals surface area contributed by atoms with Gasteiger partial charge in [-0.1, -0.05) is 0 Å². The van der Waals surface area contributed by atoms with E-state index in [1.165, 1.54) is 0 Å². The van der Waals surface area contributed by atoms with Gasteiger partial charge in [0.05, 0.1) is 5.92 Å². The zero-order chi connectivity index (χ0) is 18.8. The lowest BCUT2D eigenvalue weighted by molar-refractivity contribution is -0.201. The van der Waals surface area contributed by atoms with Crippen LogP contribution >= 0.6 is 0 Å². The largest absolute Gasteiger partial charge is 0.336 e. The fraction of sp³-hybridized carbons (Fsp3) is 0.529. The van der Waals surface area contributed by atoms with Crippen LogP contribution in [0.15, 0.2) is 12.2 Å². The SMILES string of the molecule is O=C(ON1C(=O)CCC1=O)C1CCC(CC(=O)N2C(=O)C=CC2=O)CC1. The van der Waals surface area contributed by atoms with E-state index in [0.29, 0.717) is 35.6 Å². The number of carbonyl (C=O) groups excluding carboxylic acids is 6. The first-order chi connectivity index (χ1) is 12.4. The molecule has 2 aliphatic heterocycles. The zero-order valence-corrected chi connectivity index (χ0v) is 14.0. The van der Waals surface area contributed by atoms with Gasteiger partial charge in [-0.25, -0.2) is 9.69 Å². The van der Waals surface area contributed by atoms with Gasteiger partial charge in [0, 0.05) is 31.4 Å². The molecular weight excluding hydrogens is 344 g/mol. The van der Waals surface area contributed by atoms with Gasteiger partial charge < -0.3 is 4.84 Å². The van der Waals surface area contributed by atoms with Crippen molar-refractivity contribution in [3.63, 3.8) is 0 Å². The number of hydrogen-bond donors (Lipinski definition) is 0. The van der Waals surface area contributed by atoms with Crippen LogP contribution < -0.4 is 0 Å². The average molecular weight is 362 g/mol. The second-order valence-electron chi connectivity index (χ2n) is 6.65. The molecule has 3 rings (SSSR count). The lowest BCUT2D eigenvalue weighted by Gasteiger charge is -2.28. The normalized spacial score (nSPS) is 26.0. The zero-order valence-electron chi connectivity index (χ0n) is 14.0. The van der Waals surface area contributed by atoms with E-state index < -0.39 is 41.4 Å². The van der Waals surface area contributed by atoms with Gasteiger partial charge in [0.1, 0.15) is 0 Å². The highest BCUT2D eigenvalue weighted by Gasteiger charge is 2.37. The van der Waals surface area contributed by atoms with Gasteiger partial charge >= 0.3 is 5.97 Å². The first-order valence-corrected chi connectivity index (χ1v) is 8.53. The molecule has 0 bridgehead atoms. The quantitative estimate of drug-likeness (QED) is 0.657. The molecule has 1 saturated carbocycles. The summed E-state index contributed by atoms with van der Waals surface area (Å²) in [6, 6.07) is 0. The van der Waals surface area contributed by atoms with Gasteiger partial charge in [-0.2, -0.15) is 0 Å². The molecule has 9 nitrogen and oxygen atoms in total. The van der Waals surface area contributed by atoms with E-state index in [-0.39, 0.29) is 25.2 Å². The summed E-state index contributed by atoms with van der Waals surface area (Å²) in [5, 5.41) is 0.537. The smallest absolute Gasteiger partial charge is 0.330 e. The number of imide groups is 4. The molecule has 0 radical (unpaired) electrons. The molecule has 1 saturated heterocycles. The average Bonchev–Trinajstić information content (AvgIpc) is 3.11. The van der Waals surface area contributed by atoms with E-state index in [4.69, 9.17) is 4.84 Å². The van der Waals surface area contributed by atoms with Gasteiger partial charge in [0.15, 0.2) is 0 Å². The van der Waals surface area contributed by atoms with Gasteiger partial charge in [-0.15, -0.1) is 5.06 Å². The van der Waals surface area contributed by atoms with Gasteiger partial charge in [0.25, 0.3) is 23.6 Å². The minimum atomic E-state index is -0.628. The van der Waals surface area contributed by atoms with Gasteiger partial charge in [0.2, 0.25) is 5.91 Å². The summed E-state index contributed by atoms with van der Waals surface area (Å²) in [4.78, 5) is 75.8. The second kappa shape index (κ2) is 7.19. The molecular formula is C17H18N2O7. The van der Waals surface area contributed by atoms with Crippen LogP contribution in [0.1, 0.15) is 44.9 Å². The number of nitrogens with zero attached hydrogens (tertiary/aromatic N) is 2. The summed E-state index contributed by atoms with van der Waals surface area (Å²) < 4.78 is 0. The van der Waals surface area contributed by atoms with Crippen molar-refractivity contribution in [2.75, 3.05) is 0 Å². The Kier molecular flexibility index (Phi) is 4.97. The van der Waals surface area contributed by atoms with Crippen molar-refractivity contribution in [2.45, 2.75) is 44.9 Å². The maximum atomic E-state index is 12.1. The predicted octanol–water partition coefficient (Wildman–Crippen LogP) is 0.242. The van der Waals surface area contributed by atoms with Crippen molar-refractivity contribution in [2.24, 2.45) is 11.8 Å². The minimum absolute atomic E-state index is 0.0391. The first kappa shape index (κ1) is 18.0. The fourth-order valence-electron chi connectivity index (χ4n) is 3.41. The van der Waals surface area contributed by atoms with Crippen LogP contribution in [0, 0.1) is 11.8 Å². The molecule has 0 aromatic heterocycles. The summed E-state index contributed by atoms with van der Waals surface area (Å²) in [5.41, 5.74) is 0. The molecule has 1 aliphatic carbocycles. The lowest BCUT2D eigenvalue weighted by atomic mass is 9.80. The highest BCUT2D eigenvalue weighted by molar-refractivity contribution is 6.22. The highest BCUT2D eigenvalue weighted by Crippen LogP contribution is 2.32. The Bertz CT molecular complexity index is 685. The monoisotopic (exact) mass is 362 g/mol. The third-order valence-corrected chi connectivity index (χ3v) is 4.89. The lowest BCUT2D eigenvalue weighted by Crippen LogP contribution is -2.38. The molecule has 2 fully saturated rings.